The smallest absolute Gasteiger partial charge is 0.239 e. The van der Waals surface area contributed by atoms with E-state index in [1.54, 1.807) is 25.1 Å². The molecule has 10 heteroatoms. The lowest BCUT2D eigenvalue weighted by atomic mass is 10.3. The zero-order chi connectivity index (χ0) is 18.5. The Balaban J connectivity index is 1.60. The van der Waals surface area contributed by atoms with Gasteiger partial charge in [-0.25, -0.2) is 4.39 Å². The van der Waals surface area contributed by atoms with Gasteiger partial charge in [-0.3, -0.25) is 4.79 Å². The van der Waals surface area contributed by atoms with Crippen molar-refractivity contribution in [2.75, 3.05) is 10.6 Å². The number of hydrogen-bond acceptors (Lipinski definition) is 8. The number of amides is 1. The maximum atomic E-state index is 12.9. The summed E-state index contributed by atoms with van der Waals surface area (Å²) in [5.41, 5.74) is 0.713. The third-order valence-electron chi connectivity index (χ3n) is 3.29. The van der Waals surface area contributed by atoms with Gasteiger partial charge in [-0.1, -0.05) is 35.2 Å². The van der Waals surface area contributed by atoms with E-state index >= 15 is 0 Å². The van der Waals surface area contributed by atoms with E-state index in [-0.39, 0.29) is 17.0 Å². The fraction of sp³-hybridized carbons (Fsp3) is 0.250. The number of halogens is 1. The lowest BCUT2D eigenvalue weighted by Gasteiger charge is -2.10. The molecular weight excluding hydrogens is 377 g/mol. The fourth-order valence-electron chi connectivity index (χ4n) is 2.04. The van der Waals surface area contributed by atoms with Crippen LogP contribution < -0.4 is 10.6 Å². The average molecular weight is 393 g/mol. The first-order chi connectivity index (χ1) is 12.5. The molecule has 3 aromatic rings. The molecule has 0 aliphatic rings. The maximum Gasteiger partial charge on any atom is 0.239 e. The molecule has 0 aliphatic heterocycles. The fourth-order valence-corrected chi connectivity index (χ4v) is 3.98. The molecule has 0 fully saturated rings. The summed E-state index contributed by atoms with van der Waals surface area (Å²) in [6.45, 7) is 3.68. The minimum absolute atomic E-state index is 0.172. The van der Waals surface area contributed by atoms with Gasteiger partial charge in [-0.05, 0) is 37.6 Å². The molecule has 0 unspecified atom stereocenters. The van der Waals surface area contributed by atoms with Crippen molar-refractivity contribution in [3.8, 4) is 0 Å². The van der Waals surface area contributed by atoms with E-state index in [0.717, 1.165) is 0 Å². The molecule has 2 aromatic heterocycles. The van der Waals surface area contributed by atoms with Crippen molar-refractivity contribution in [1.82, 2.24) is 15.4 Å². The number of carbonyl (C=O) groups excluding carboxylic acids is 1. The molecule has 136 valence electrons. The molecule has 2 heterocycles. The Kier molecular flexibility index (Phi) is 5.84. The van der Waals surface area contributed by atoms with Crippen LogP contribution in [0.3, 0.4) is 0 Å². The van der Waals surface area contributed by atoms with Crippen molar-refractivity contribution < 1.29 is 13.7 Å². The zero-order valence-electron chi connectivity index (χ0n) is 14.0. The van der Waals surface area contributed by atoms with E-state index in [1.165, 1.54) is 35.2 Å². The van der Waals surface area contributed by atoms with Gasteiger partial charge in [0, 0.05) is 11.8 Å². The highest BCUT2D eigenvalue weighted by Crippen LogP contribution is 2.32. The molecule has 1 aromatic carbocycles. The average Bonchev–Trinajstić information content (AvgIpc) is 3.23. The van der Waals surface area contributed by atoms with E-state index in [2.05, 4.69) is 26.0 Å². The minimum Gasteiger partial charge on any atom is -0.360 e. The third-order valence-corrected chi connectivity index (χ3v) is 5.57. The van der Waals surface area contributed by atoms with Gasteiger partial charge in [0.2, 0.25) is 11.0 Å². The van der Waals surface area contributed by atoms with Gasteiger partial charge < -0.3 is 15.2 Å². The van der Waals surface area contributed by atoms with Crippen LogP contribution in [0.5, 0.6) is 0 Å². The lowest BCUT2D eigenvalue weighted by molar-refractivity contribution is -0.115. The molecular formula is C16H16FN5O2S2. The Hall–Kier alpha value is -2.46. The summed E-state index contributed by atoms with van der Waals surface area (Å²) in [6.07, 6.45) is 0.619. The number of thioether (sulfide) groups is 1. The van der Waals surface area contributed by atoms with Crippen LogP contribution in [-0.4, -0.2) is 26.5 Å². The van der Waals surface area contributed by atoms with Crippen molar-refractivity contribution in [3.63, 3.8) is 0 Å². The summed E-state index contributed by atoms with van der Waals surface area (Å²) in [4.78, 5) is 12.4. The first-order valence-electron chi connectivity index (χ1n) is 7.80. The van der Waals surface area contributed by atoms with Gasteiger partial charge >= 0.3 is 0 Å². The van der Waals surface area contributed by atoms with E-state index < -0.39 is 0 Å². The van der Waals surface area contributed by atoms with Gasteiger partial charge in [0.1, 0.15) is 11.6 Å². The summed E-state index contributed by atoms with van der Waals surface area (Å²) in [5.74, 6) is 0.543. The number of hydrogen-bond donors (Lipinski definition) is 2. The van der Waals surface area contributed by atoms with Gasteiger partial charge in [0.05, 0.1) is 5.25 Å². The number of anilines is 3. The molecule has 7 nitrogen and oxygen atoms in total. The Bertz CT molecular complexity index is 881. The van der Waals surface area contributed by atoms with Crippen LogP contribution in [-0.2, 0) is 4.79 Å². The Morgan fingerprint density at radius 2 is 2.12 bits per heavy atom. The summed E-state index contributed by atoms with van der Waals surface area (Å²) in [7, 11) is 0. The number of benzene rings is 1. The van der Waals surface area contributed by atoms with E-state index in [1.807, 2.05) is 6.92 Å². The maximum absolute atomic E-state index is 12.9. The highest BCUT2D eigenvalue weighted by atomic mass is 32.2. The molecule has 2 N–H and O–H groups in total. The van der Waals surface area contributed by atoms with Gasteiger partial charge in [-0.2, -0.15) is 0 Å². The number of nitrogens with one attached hydrogen (secondary N) is 2. The van der Waals surface area contributed by atoms with Crippen LogP contribution in [0.15, 0.2) is 39.2 Å². The van der Waals surface area contributed by atoms with Gasteiger partial charge in [0.15, 0.2) is 10.2 Å². The van der Waals surface area contributed by atoms with Crippen molar-refractivity contribution >= 4 is 45.6 Å². The highest BCUT2D eigenvalue weighted by molar-refractivity contribution is 8.02. The lowest BCUT2D eigenvalue weighted by Crippen LogP contribution is -2.24. The Morgan fingerprint density at radius 1 is 1.35 bits per heavy atom. The minimum atomic E-state index is -0.335. The van der Waals surface area contributed by atoms with Crippen molar-refractivity contribution in [1.29, 1.82) is 0 Å². The van der Waals surface area contributed by atoms with Gasteiger partial charge in [-0.15, -0.1) is 10.2 Å². The molecule has 1 amide bonds. The normalized spacial score (nSPS) is 12.0. The molecule has 0 saturated carbocycles. The molecule has 3 rings (SSSR count). The van der Waals surface area contributed by atoms with E-state index in [4.69, 9.17) is 4.52 Å². The summed E-state index contributed by atoms with van der Waals surface area (Å²) < 4.78 is 18.5. The molecule has 26 heavy (non-hydrogen) atoms. The van der Waals surface area contributed by atoms with Crippen LogP contribution in [0.2, 0.25) is 0 Å². The molecule has 0 spiro atoms. The predicted octanol–water partition coefficient (Wildman–Crippen LogP) is 4.23. The number of carbonyl (C=O) groups is 1. The second kappa shape index (κ2) is 8.28. The van der Waals surface area contributed by atoms with Crippen LogP contribution in [0.1, 0.15) is 19.1 Å². The number of rotatable bonds is 7. The van der Waals surface area contributed by atoms with Crippen LogP contribution >= 0.6 is 23.1 Å². The molecule has 0 bridgehead atoms. The standard InChI is InChI=1S/C16H16FN5O2S2/c1-3-12(14(23)19-13-8-9(2)24-22-13)25-16-21-20-15(26-16)18-11-6-4-10(17)5-7-11/h4-8,12H,3H2,1-2H3,(H,18,20)(H,19,22,23)/t12-/m1/s1. The number of aromatic nitrogens is 3. The first-order valence-corrected chi connectivity index (χ1v) is 9.50. The van der Waals surface area contributed by atoms with Crippen molar-refractivity contribution in [2.24, 2.45) is 0 Å². The predicted molar refractivity (Wildman–Crippen MR) is 99.4 cm³/mol. The summed E-state index contributed by atoms with van der Waals surface area (Å²) >= 11 is 2.66. The zero-order valence-corrected chi connectivity index (χ0v) is 15.7. The topological polar surface area (TPSA) is 92.9 Å². The SMILES string of the molecule is CC[C@@H](Sc1nnc(Nc2ccc(F)cc2)s1)C(=O)Nc1cc(C)on1. The number of nitrogens with zero attached hydrogens (tertiary/aromatic N) is 3. The Labute approximate surface area is 157 Å². The quantitative estimate of drug-likeness (QED) is 0.580. The Morgan fingerprint density at radius 3 is 2.77 bits per heavy atom. The second-order valence-corrected chi connectivity index (χ2v) is 7.76. The van der Waals surface area contributed by atoms with Crippen molar-refractivity contribution in [3.05, 3.63) is 41.9 Å². The highest BCUT2D eigenvalue weighted by Gasteiger charge is 2.21. The molecule has 0 radical (unpaired) electrons. The van der Waals surface area contributed by atoms with Gasteiger partial charge in [0.25, 0.3) is 0 Å². The second-order valence-electron chi connectivity index (χ2n) is 5.33. The third kappa shape index (κ3) is 4.79. The first kappa shape index (κ1) is 18.3. The largest absolute Gasteiger partial charge is 0.360 e. The monoisotopic (exact) mass is 393 g/mol. The van der Waals surface area contributed by atoms with Crippen LogP contribution in [0, 0.1) is 12.7 Å². The van der Waals surface area contributed by atoms with Crippen LogP contribution in [0.25, 0.3) is 0 Å². The summed E-state index contributed by atoms with van der Waals surface area (Å²) in [5, 5.41) is 17.9. The molecule has 1 atom stereocenters. The number of aryl methyl sites for hydroxylation is 1. The van der Waals surface area contributed by atoms with E-state index in [9.17, 15) is 9.18 Å². The van der Waals surface area contributed by atoms with Crippen molar-refractivity contribution in [2.45, 2.75) is 29.9 Å². The van der Waals surface area contributed by atoms with Crippen LogP contribution in [0.4, 0.5) is 21.0 Å². The molecule has 0 aliphatic carbocycles. The van der Waals surface area contributed by atoms with E-state index in [0.29, 0.717) is 33.2 Å². The summed E-state index contributed by atoms with van der Waals surface area (Å²) in [6, 6.07) is 7.62. The molecule has 0 saturated heterocycles.